The number of rotatable bonds is 2. The third-order valence-corrected chi connectivity index (χ3v) is 3.16. The molecule has 0 bridgehead atoms. The monoisotopic (exact) mass is 273 g/mol. The van der Waals surface area contributed by atoms with E-state index in [4.69, 9.17) is 17.3 Å². The Labute approximate surface area is 115 Å². The van der Waals surface area contributed by atoms with Crippen LogP contribution in [-0.2, 0) is 7.05 Å². The van der Waals surface area contributed by atoms with Crippen molar-refractivity contribution in [3.05, 3.63) is 41.7 Å². The molecule has 3 rings (SSSR count). The maximum absolute atomic E-state index is 6.16. The highest BCUT2D eigenvalue weighted by molar-refractivity contribution is 6.35. The standard InChI is InChI=1S/C13H12ClN5/c1-19-7-10(15)13(18-19)17-11-5-4-9(14)8-3-2-6-16-12(8)11/h2-7H,15H2,1H3,(H,17,18). The van der Waals surface area contributed by atoms with Crippen molar-refractivity contribution >= 4 is 39.7 Å². The Kier molecular flexibility index (Phi) is 2.76. The molecule has 96 valence electrons. The van der Waals surface area contributed by atoms with Gasteiger partial charge in [-0.3, -0.25) is 9.67 Å². The fraction of sp³-hybridized carbons (Fsp3) is 0.0769. The first-order valence-electron chi connectivity index (χ1n) is 5.74. The number of anilines is 3. The molecular weight excluding hydrogens is 262 g/mol. The lowest BCUT2D eigenvalue weighted by Crippen LogP contribution is -1.97. The third kappa shape index (κ3) is 2.08. The number of nitrogen functional groups attached to an aromatic ring is 1. The third-order valence-electron chi connectivity index (χ3n) is 2.83. The number of halogens is 1. The highest BCUT2D eigenvalue weighted by Crippen LogP contribution is 2.30. The summed E-state index contributed by atoms with van der Waals surface area (Å²) in [4.78, 5) is 4.35. The number of aromatic nitrogens is 3. The van der Waals surface area contributed by atoms with Gasteiger partial charge in [-0.05, 0) is 24.3 Å². The molecule has 3 N–H and O–H groups in total. The van der Waals surface area contributed by atoms with Gasteiger partial charge in [0.05, 0.1) is 21.9 Å². The Bertz CT molecular complexity index is 750. The Balaban J connectivity index is 2.11. The van der Waals surface area contributed by atoms with Gasteiger partial charge in [-0.1, -0.05) is 11.6 Å². The summed E-state index contributed by atoms with van der Waals surface area (Å²) in [7, 11) is 1.82. The molecule has 0 aliphatic rings. The highest BCUT2D eigenvalue weighted by Gasteiger charge is 2.09. The minimum Gasteiger partial charge on any atom is -0.394 e. The first-order chi connectivity index (χ1) is 9.15. The number of nitrogens with two attached hydrogens (primary N) is 1. The minimum atomic E-state index is 0.585. The molecule has 0 fully saturated rings. The lowest BCUT2D eigenvalue weighted by atomic mass is 10.2. The van der Waals surface area contributed by atoms with E-state index in [1.165, 1.54) is 0 Å². The van der Waals surface area contributed by atoms with E-state index in [2.05, 4.69) is 15.4 Å². The first kappa shape index (κ1) is 11.8. The molecule has 2 heterocycles. The molecule has 6 heteroatoms. The molecule has 0 aliphatic carbocycles. The summed E-state index contributed by atoms with van der Waals surface area (Å²) in [5.74, 6) is 0.608. The second-order valence-corrected chi connectivity index (χ2v) is 4.63. The van der Waals surface area contributed by atoms with Gasteiger partial charge in [-0.2, -0.15) is 5.10 Å². The molecule has 0 saturated heterocycles. The smallest absolute Gasteiger partial charge is 0.175 e. The number of fused-ring (bicyclic) bond motifs is 1. The molecule has 0 spiro atoms. The first-order valence-corrected chi connectivity index (χ1v) is 6.12. The van der Waals surface area contributed by atoms with E-state index in [1.807, 2.05) is 31.3 Å². The predicted molar refractivity (Wildman–Crippen MR) is 77.7 cm³/mol. The molecule has 0 unspecified atom stereocenters. The van der Waals surface area contributed by atoms with Crippen molar-refractivity contribution in [2.45, 2.75) is 0 Å². The molecular formula is C13H12ClN5. The summed E-state index contributed by atoms with van der Waals surface area (Å²) in [5.41, 5.74) is 8.07. The molecule has 0 atom stereocenters. The molecule has 2 aromatic heterocycles. The number of hydrogen-bond acceptors (Lipinski definition) is 4. The van der Waals surface area contributed by atoms with Crippen LogP contribution in [0.25, 0.3) is 10.9 Å². The second kappa shape index (κ2) is 4.44. The number of benzene rings is 1. The van der Waals surface area contributed by atoms with Crippen LogP contribution in [0.4, 0.5) is 17.2 Å². The maximum atomic E-state index is 6.16. The average molecular weight is 274 g/mol. The normalized spacial score (nSPS) is 10.8. The average Bonchev–Trinajstić information content (AvgIpc) is 2.72. The van der Waals surface area contributed by atoms with Crippen molar-refractivity contribution in [3.8, 4) is 0 Å². The molecule has 0 saturated carbocycles. The number of pyridine rings is 1. The molecule has 0 aliphatic heterocycles. The fourth-order valence-corrected chi connectivity index (χ4v) is 2.19. The van der Waals surface area contributed by atoms with Gasteiger partial charge in [0.15, 0.2) is 5.82 Å². The fourth-order valence-electron chi connectivity index (χ4n) is 1.97. The van der Waals surface area contributed by atoms with Gasteiger partial charge in [0.25, 0.3) is 0 Å². The Morgan fingerprint density at radius 3 is 2.89 bits per heavy atom. The van der Waals surface area contributed by atoms with Gasteiger partial charge in [-0.25, -0.2) is 0 Å². The number of aryl methyl sites for hydroxylation is 1. The van der Waals surface area contributed by atoms with Crippen LogP contribution in [-0.4, -0.2) is 14.8 Å². The Morgan fingerprint density at radius 2 is 2.16 bits per heavy atom. The van der Waals surface area contributed by atoms with Gasteiger partial charge >= 0.3 is 0 Å². The van der Waals surface area contributed by atoms with E-state index in [0.717, 1.165) is 16.6 Å². The molecule has 3 aromatic rings. The van der Waals surface area contributed by atoms with Crippen LogP contribution in [0.3, 0.4) is 0 Å². The van der Waals surface area contributed by atoms with Gasteiger partial charge < -0.3 is 11.1 Å². The quantitative estimate of drug-likeness (QED) is 0.753. The highest BCUT2D eigenvalue weighted by atomic mass is 35.5. The molecule has 19 heavy (non-hydrogen) atoms. The predicted octanol–water partition coefficient (Wildman–Crippen LogP) is 2.95. The Morgan fingerprint density at radius 1 is 1.32 bits per heavy atom. The zero-order chi connectivity index (χ0) is 13.4. The summed E-state index contributed by atoms with van der Waals surface area (Å²) < 4.78 is 1.66. The van der Waals surface area contributed by atoms with Crippen LogP contribution in [0.5, 0.6) is 0 Å². The molecule has 0 amide bonds. The summed E-state index contributed by atoms with van der Waals surface area (Å²) in [5, 5.41) is 9.00. The SMILES string of the molecule is Cn1cc(N)c(Nc2ccc(Cl)c3cccnc23)n1. The van der Waals surface area contributed by atoms with Crippen LogP contribution in [0.15, 0.2) is 36.7 Å². The van der Waals surface area contributed by atoms with Crippen molar-refractivity contribution in [1.29, 1.82) is 0 Å². The zero-order valence-electron chi connectivity index (χ0n) is 10.3. The topological polar surface area (TPSA) is 68.8 Å². The van der Waals surface area contributed by atoms with E-state index in [9.17, 15) is 0 Å². The second-order valence-electron chi connectivity index (χ2n) is 4.23. The summed E-state index contributed by atoms with van der Waals surface area (Å²) in [6, 6.07) is 7.48. The van der Waals surface area contributed by atoms with E-state index < -0.39 is 0 Å². The number of nitrogens with zero attached hydrogens (tertiary/aromatic N) is 3. The van der Waals surface area contributed by atoms with E-state index in [0.29, 0.717) is 16.5 Å². The van der Waals surface area contributed by atoms with Crippen molar-refractivity contribution in [2.75, 3.05) is 11.1 Å². The van der Waals surface area contributed by atoms with Crippen LogP contribution in [0.1, 0.15) is 0 Å². The van der Waals surface area contributed by atoms with Gasteiger partial charge in [-0.15, -0.1) is 0 Å². The van der Waals surface area contributed by atoms with Crippen LogP contribution < -0.4 is 11.1 Å². The molecule has 1 aromatic carbocycles. The Hall–Kier alpha value is -2.27. The van der Waals surface area contributed by atoms with Crippen LogP contribution in [0, 0.1) is 0 Å². The van der Waals surface area contributed by atoms with Crippen molar-refractivity contribution < 1.29 is 0 Å². The van der Waals surface area contributed by atoms with Crippen molar-refractivity contribution in [2.24, 2.45) is 7.05 Å². The van der Waals surface area contributed by atoms with Gasteiger partial charge in [0, 0.05) is 24.8 Å². The van der Waals surface area contributed by atoms with E-state index in [1.54, 1.807) is 17.1 Å². The summed E-state index contributed by atoms with van der Waals surface area (Å²) in [6.07, 6.45) is 3.47. The minimum absolute atomic E-state index is 0.585. The van der Waals surface area contributed by atoms with Gasteiger partial charge in [0.1, 0.15) is 0 Å². The molecule has 0 radical (unpaired) electrons. The largest absolute Gasteiger partial charge is 0.394 e. The van der Waals surface area contributed by atoms with Crippen LogP contribution >= 0.6 is 11.6 Å². The van der Waals surface area contributed by atoms with Crippen LogP contribution in [0.2, 0.25) is 5.02 Å². The summed E-state index contributed by atoms with van der Waals surface area (Å²) >= 11 is 6.16. The van der Waals surface area contributed by atoms with Gasteiger partial charge in [0.2, 0.25) is 0 Å². The van der Waals surface area contributed by atoms with E-state index in [-0.39, 0.29) is 0 Å². The van der Waals surface area contributed by atoms with Crippen molar-refractivity contribution in [1.82, 2.24) is 14.8 Å². The van der Waals surface area contributed by atoms with Crippen molar-refractivity contribution in [3.63, 3.8) is 0 Å². The number of nitrogens with one attached hydrogen (secondary N) is 1. The lowest BCUT2D eigenvalue weighted by Gasteiger charge is -2.08. The lowest BCUT2D eigenvalue weighted by molar-refractivity contribution is 0.771. The maximum Gasteiger partial charge on any atom is 0.175 e. The summed E-state index contributed by atoms with van der Waals surface area (Å²) in [6.45, 7) is 0. The zero-order valence-corrected chi connectivity index (χ0v) is 11.0. The number of hydrogen-bond donors (Lipinski definition) is 2. The molecule has 5 nitrogen and oxygen atoms in total. The van der Waals surface area contributed by atoms with E-state index >= 15 is 0 Å².